The van der Waals surface area contributed by atoms with Gasteiger partial charge in [0.15, 0.2) is 0 Å². The molecule has 0 saturated carbocycles. The Bertz CT molecular complexity index is 343. The van der Waals surface area contributed by atoms with Gasteiger partial charge in [-0.3, -0.25) is 0 Å². The van der Waals surface area contributed by atoms with E-state index in [0.717, 1.165) is 13.4 Å². The van der Waals surface area contributed by atoms with Crippen molar-refractivity contribution in [3.63, 3.8) is 0 Å². The van der Waals surface area contributed by atoms with Crippen LogP contribution in [0.2, 0.25) is 0 Å². The molecule has 0 spiro atoms. The third kappa shape index (κ3) is 1.75. The smallest absolute Gasteiger partial charge is 0.362 e. The van der Waals surface area contributed by atoms with Gasteiger partial charge >= 0.3 is 5.97 Å². The topological polar surface area (TPSA) is 111 Å². The first kappa shape index (κ1) is 9.04. The summed E-state index contributed by atoms with van der Waals surface area (Å²) in [4.78, 5) is 14.5. The highest BCUT2D eigenvalue weighted by molar-refractivity contribution is 6.42. The molecule has 0 aliphatic carbocycles. The fraction of sp³-hybridized carbons (Fsp3) is 0.167. The number of methoxy groups -OCH3 is 1. The summed E-state index contributed by atoms with van der Waals surface area (Å²) in [6.45, 7) is 0. The van der Waals surface area contributed by atoms with Crippen molar-refractivity contribution < 1.29 is 19.2 Å². The van der Waals surface area contributed by atoms with E-state index in [0.29, 0.717) is 0 Å². The summed E-state index contributed by atoms with van der Waals surface area (Å²) in [6, 6.07) is -0.125. The van der Waals surface area contributed by atoms with Crippen molar-refractivity contribution in [3.05, 3.63) is 12.0 Å². The molecule has 0 saturated heterocycles. The second-order valence-electron chi connectivity index (χ2n) is 2.01. The second kappa shape index (κ2) is 3.57. The number of oxime groups is 1. The van der Waals surface area contributed by atoms with Crippen LogP contribution in [0.4, 0.5) is 6.01 Å². The molecule has 70 valence electrons. The van der Waals surface area contributed by atoms with E-state index in [9.17, 15) is 4.79 Å². The number of carbonyl (C=O) groups excluding carboxylic acids is 1. The average Bonchev–Trinajstić information content (AvgIpc) is 2.53. The summed E-state index contributed by atoms with van der Waals surface area (Å²) in [5, 5.41) is 11.2. The molecule has 7 nitrogen and oxygen atoms in total. The normalized spacial score (nSPS) is 11.3. The summed E-state index contributed by atoms with van der Waals surface area (Å²) in [5.74, 6) is -0.823. The number of oxazole rings is 1. The molecule has 3 N–H and O–H groups in total. The van der Waals surface area contributed by atoms with Crippen LogP contribution in [-0.2, 0) is 9.53 Å². The van der Waals surface area contributed by atoms with Crippen molar-refractivity contribution in [1.29, 1.82) is 0 Å². The van der Waals surface area contributed by atoms with Gasteiger partial charge in [0, 0.05) is 0 Å². The molecule has 0 fully saturated rings. The number of nitrogens with two attached hydrogens (primary N) is 1. The van der Waals surface area contributed by atoms with Crippen molar-refractivity contribution in [1.82, 2.24) is 4.98 Å². The number of nitrogen functional groups attached to an aromatic ring is 1. The molecular formula is C6H7N3O4. The maximum Gasteiger partial charge on any atom is 0.362 e. The van der Waals surface area contributed by atoms with E-state index < -0.39 is 5.97 Å². The summed E-state index contributed by atoms with van der Waals surface area (Å²) < 4.78 is 8.92. The lowest BCUT2D eigenvalue weighted by molar-refractivity contribution is -0.132. The van der Waals surface area contributed by atoms with Crippen LogP contribution in [0.15, 0.2) is 15.8 Å². The minimum absolute atomic E-state index is 0.0202. The van der Waals surface area contributed by atoms with Crippen molar-refractivity contribution in [2.45, 2.75) is 0 Å². The molecule has 0 bridgehead atoms. The van der Waals surface area contributed by atoms with Crippen LogP contribution in [0.5, 0.6) is 0 Å². The minimum atomic E-state index is -0.823. The van der Waals surface area contributed by atoms with Crippen molar-refractivity contribution >= 4 is 17.7 Å². The van der Waals surface area contributed by atoms with Crippen molar-refractivity contribution in [2.75, 3.05) is 12.8 Å². The van der Waals surface area contributed by atoms with E-state index in [1.807, 2.05) is 0 Å². The Morgan fingerprint density at radius 3 is 2.92 bits per heavy atom. The predicted octanol–water partition coefficient (Wildman–Crippen LogP) is -0.392. The molecule has 1 rings (SSSR count). The Hall–Kier alpha value is -2.05. The maximum atomic E-state index is 10.9. The number of nitrogens with zero attached hydrogens (tertiary/aromatic N) is 2. The van der Waals surface area contributed by atoms with E-state index in [2.05, 4.69) is 19.3 Å². The number of anilines is 1. The van der Waals surface area contributed by atoms with Gasteiger partial charge in [-0.2, -0.15) is 4.98 Å². The molecule has 1 aromatic heterocycles. The van der Waals surface area contributed by atoms with E-state index in [4.69, 9.17) is 10.9 Å². The summed E-state index contributed by atoms with van der Waals surface area (Å²) >= 11 is 0. The molecule has 0 amide bonds. The van der Waals surface area contributed by atoms with Crippen LogP contribution in [-0.4, -0.2) is 29.0 Å². The zero-order valence-electron chi connectivity index (χ0n) is 6.72. The van der Waals surface area contributed by atoms with Gasteiger partial charge in [0.2, 0.25) is 5.71 Å². The number of aromatic nitrogens is 1. The van der Waals surface area contributed by atoms with Crippen LogP contribution in [0.1, 0.15) is 5.69 Å². The zero-order valence-corrected chi connectivity index (χ0v) is 6.72. The Kier molecular flexibility index (Phi) is 2.48. The molecule has 0 aliphatic rings. The number of hydrogen-bond donors (Lipinski definition) is 2. The van der Waals surface area contributed by atoms with Gasteiger partial charge in [-0.15, -0.1) is 0 Å². The van der Waals surface area contributed by atoms with Crippen LogP contribution in [0.25, 0.3) is 0 Å². The van der Waals surface area contributed by atoms with Gasteiger partial charge in [-0.25, -0.2) is 4.79 Å². The van der Waals surface area contributed by atoms with Crippen LogP contribution in [0, 0.1) is 0 Å². The van der Waals surface area contributed by atoms with Gasteiger partial charge in [0.25, 0.3) is 6.01 Å². The fourth-order valence-electron chi connectivity index (χ4n) is 0.690. The third-order valence-electron chi connectivity index (χ3n) is 1.24. The molecular weight excluding hydrogens is 178 g/mol. The molecule has 0 aromatic carbocycles. The Morgan fingerprint density at radius 1 is 1.85 bits per heavy atom. The average molecular weight is 185 g/mol. The van der Waals surface area contributed by atoms with Gasteiger partial charge in [-0.05, 0) is 0 Å². The van der Waals surface area contributed by atoms with Gasteiger partial charge in [0.1, 0.15) is 12.0 Å². The highest BCUT2D eigenvalue weighted by Crippen LogP contribution is 2.05. The SMILES string of the molecule is COC(=O)/C(=N\O)c1coc(N)n1. The molecule has 13 heavy (non-hydrogen) atoms. The number of rotatable bonds is 2. The van der Waals surface area contributed by atoms with E-state index >= 15 is 0 Å². The highest BCUT2D eigenvalue weighted by atomic mass is 16.5. The lowest BCUT2D eigenvalue weighted by atomic mass is 10.3. The van der Waals surface area contributed by atoms with Gasteiger partial charge in [-0.1, -0.05) is 5.16 Å². The number of carbonyl (C=O) groups is 1. The second-order valence-corrected chi connectivity index (χ2v) is 2.01. The van der Waals surface area contributed by atoms with E-state index in [1.54, 1.807) is 0 Å². The Labute approximate surface area is 72.8 Å². The molecule has 0 radical (unpaired) electrons. The van der Waals surface area contributed by atoms with Crippen LogP contribution in [0.3, 0.4) is 0 Å². The summed E-state index contributed by atoms with van der Waals surface area (Å²) in [7, 11) is 1.15. The molecule has 1 heterocycles. The Balaban J connectivity index is 2.99. The number of esters is 1. The Morgan fingerprint density at radius 2 is 2.54 bits per heavy atom. The standard InChI is InChI=1S/C6H7N3O4/c1-12-5(10)4(9-11)3-2-13-6(7)8-3/h2,11H,1H3,(H2,7,8)/b9-4-. The van der Waals surface area contributed by atoms with Crippen LogP contribution >= 0.6 is 0 Å². The van der Waals surface area contributed by atoms with Crippen molar-refractivity contribution in [2.24, 2.45) is 5.16 Å². The molecule has 7 heteroatoms. The molecule has 0 aliphatic heterocycles. The third-order valence-corrected chi connectivity index (χ3v) is 1.24. The number of hydrogen-bond acceptors (Lipinski definition) is 7. The lowest BCUT2D eigenvalue weighted by Crippen LogP contribution is -2.17. The lowest BCUT2D eigenvalue weighted by Gasteiger charge is -1.95. The van der Waals surface area contributed by atoms with E-state index in [1.165, 1.54) is 0 Å². The quantitative estimate of drug-likeness (QED) is 0.281. The van der Waals surface area contributed by atoms with Crippen LogP contribution < -0.4 is 5.73 Å². The molecule has 0 unspecified atom stereocenters. The minimum Gasteiger partial charge on any atom is -0.464 e. The highest BCUT2D eigenvalue weighted by Gasteiger charge is 2.18. The molecule has 1 aromatic rings. The molecule has 0 atom stereocenters. The van der Waals surface area contributed by atoms with Crippen molar-refractivity contribution in [3.8, 4) is 0 Å². The van der Waals surface area contributed by atoms with Gasteiger partial charge < -0.3 is 20.1 Å². The number of ether oxygens (including phenoxy) is 1. The maximum absolute atomic E-state index is 10.9. The first-order chi connectivity index (χ1) is 6.19. The predicted molar refractivity (Wildman–Crippen MR) is 41.3 cm³/mol. The summed E-state index contributed by atoms with van der Waals surface area (Å²) in [5.41, 5.74) is 4.81. The zero-order chi connectivity index (χ0) is 9.84. The largest absolute Gasteiger partial charge is 0.464 e. The van der Waals surface area contributed by atoms with E-state index in [-0.39, 0.29) is 17.4 Å². The monoisotopic (exact) mass is 185 g/mol. The fourth-order valence-corrected chi connectivity index (χ4v) is 0.690. The first-order valence-electron chi connectivity index (χ1n) is 3.20. The van der Waals surface area contributed by atoms with Gasteiger partial charge in [0.05, 0.1) is 7.11 Å². The summed E-state index contributed by atoms with van der Waals surface area (Å²) in [6.07, 6.45) is 1.08. The first-order valence-corrected chi connectivity index (χ1v) is 3.20.